The van der Waals surface area contributed by atoms with E-state index in [1.165, 1.54) is 38.5 Å². The molecule has 2 aliphatic carbocycles. The van der Waals surface area contributed by atoms with Crippen molar-refractivity contribution in [3.8, 4) is 0 Å². The minimum atomic E-state index is 0.463. The summed E-state index contributed by atoms with van der Waals surface area (Å²) in [6.45, 7) is 3.47. The lowest BCUT2D eigenvalue weighted by Gasteiger charge is -2.30. The summed E-state index contributed by atoms with van der Waals surface area (Å²) < 4.78 is 0. The summed E-state index contributed by atoms with van der Waals surface area (Å²) in [5, 5.41) is 3.71. The van der Waals surface area contributed by atoms with Gasteiger partial charge in [0.05, 0.1) is 0 Å². The zero-order chi connectivity index (χ0) is 11.5. The molecule has 2 fully saturated rings. The van der Waals surface area contributed by atoms with E-state index in [1.807, 2.05) is 0 Å². The van der Waals surface area contributed by atoms with E-state index in [-0.39, 0.29) is 0 Å². The third-order valence-electron chi connectivity index (χ3n) is 4.29. The maximum absolute atomic E-state index is 5.91. The molecule has 0 amide bonds. The fourth-order valence-corrected chi connectivity index (χ4v) is 2.65. The van der Waals surface area contributed by atoms with Gasteiger partial charge in [-0.3, -0.25) is 4.90 Å². The van der Waals surface area contributed by atoms with Gasteiger partial charge in [-0.05, 0) is 52.5 Å². The van der Waals surface area contributed by atoms with Gasteiger partial charge in [0, 0.05) is 30.7 Å². The van der Waals surface area contributed by atoms with Crippen molar-refractivity contribution in [2.45, 2.75) is 69.6 Å². The Kier molecular flexibility index (Phi) is 4.22. The molecule has 16 heavy (non-hydrogen) atoms. The van der Waals surface area contributed by atoms with Crippen LogP contribution in [0.5, 0.6) is 0 Å². The number of nitrogens with one attached hydrogen (secondary N) is 1. The molecular weight excluding hydrogens is 198 g/mol. The summed E-state index contributed by atoms with van der Waals surface area (Å²) in [4.78, 5) is 2.53. The van der Waals surface area contributed by atoms with Crippen molar-refractivity contribution in [3.63, 3.8) is 0 Å². The summed E-state index contributed by atoms with van der Waals surface area (Å²) in [5.41, 5.74) is 5.91. The van der Waals surface area contributed by atoms with Crippen LogP contribution in [0.4, 0.5) is 0 Å². The van der Waals surface area contributed by atoms with E-state index in [1.54, 1.807) is 0 Å². The monoisotopic (exact) mass is 225 g/mol. The third-order valence-corrected chi connectivity index (χ3v) is 4.29. The smallest absolute Gasteiger partial charge is 0.0192 e. The van der Waals surface area contributed by atoms with Gasteiger partial charge in [-0.2, -0.15) is 0 Å². The third kappa shape index (κ3) is 3.44. The van der Waals surface area contributed by atoms with E-state index in [2.05, 4.69) is 24.2 Å². The lowest BCUT2D eigenvalue weighted by atomic mass is 9.92. The predicted molar refractivity (Wildman–Crippen MR) is 68.5 cm³/mol. The second-order valence-electron chi connectivity index (χ2n) is 5.77. The molecule has 3 heteroatoms. The number of hydrogen-bond acceptors (Lipinski definition) is 3. The maximum Gasteiger partial charge on any atom is 0.0192 e. The first-order valence-electron chi connectivity index (χ1n) is 6.87. The van der Waals surface area contributed by atoms with E-state index in [0.29, 0.717) is 12.1 Å². The fraction of sp³-hybridized carbons (Fsp3) is 1.00. The molecule has 0 heterocycles. The lowest BCUT2D eigenvalue weighted by molar-refractivity contribution is 0.226. The molecule has 94 valence electrons. The standard InChI is InChI=1S/C13H27N3/c1-10(16(2)13-7-8-13)9-15-12-5-3-11(14)4-6-12/h10-13,15H,3-9,14H2,1-2H3. The minimum absolute atomic E-state index is 0.463. The average molecular weight is 225 g/mol. The van der Waals surface area contributed by atoms with Gasteiger partial charge in [-0.25, -0.2) is 0 Å². The summed E-state index contributed by atoms with van der Waals surface area (Å²) in [7, 11) is 2.26. The van der Waals surface area contributed by atoms with Crippen molar-refractivity contribution in [1.82, 2.24) is 10.2 Å². The highest BCUT2D eigenvalue weighted by Gasteiger charge is 2.29. The molecule has 0 aromatic heterocycles. The van der Waals surface area contributed by atoms with Gasteiger partial charge < -0.3 is 11.1 Å². The van der Waals surface area contributed by atoms with Crippen LogP contribution in [0.25, 0.3) is 0 Å². The van der Waals surface area contributed by atoms with Crippen molar-refractivity contribution in [2.24, 2.45) is 5.73 Å². The van der Waals surface area contributed by atoms with Crippen molar-refractivity contribution in [3.05, 3.63) is 0 Å². The van der Waals surface area contributed by atoms with E-state index in [0.717, 1.165) is 18.6 Å². The van der Waals surface area contributed by atoms with Crippen molar-refractivity contribution >= 4 is 0 Å². The van der Waals surface area contributed by atoms with Crippen LogP contribution in [0.2, 0.25) is 0 Å². The molecule has 2 aliphatic rings. The number of rotatable bonds is 5. The Labute approximate surface area is 99.8 Å². The van der Waals surface area contributed by atoms with Gasteiger partial charge in [0.15, 0.2) is 0 Å². The number of nitrogens with zero attached hydrogens (tertiary/aromatic N) is 1. The Bertz CT molecular complexity index is 207. The number of hydrogen-bond donors (Lipinski definition) is 2. The number of likely N-dealkylation sites (N-methyl/N-ethyl adjacent to an activating group) is 1. The highest BCUT2D eigenvalue weighted by Crippen LogP contribution is 2.26. The molecule has 0 saturated heterocycles. The van der Waals surface area contributed by atoms with E-state index >= 15 is 0 Å². The van der Waals surface area contributed by atoms with Crippen LogP contribution in [0, 0.1) is 0 Å². The lowest BCUT2D eigenvalue weighted by Crippen LogP contribution is -2.44. The van der Waals surface area contributed by atoms with Crippen LogP contribution in [0.1, 0.15) is 45.4 Å². The molecule has 0 spiro atoms. The quantitative estimate of drug-likeness (QED) is 0.741. The number of nitrogens with two attached hydrogens (primary N) is 1. The van der Waals surface area contributed by atoms with Gasteiger partial charge in [0.1, 0.15) is 0 Å². The molecule has 0 aromatic rings. The molecule has 3 nitrogen and oxygen atoms in total. The Morgan fingerprint density at radius 3 is 2.38 bits per heavy atom. The summed E-state index contributed by atoms with van der Waals surface area (Å²) in [6.07, 6.45) is 7.73. The molecule has 0 aliphatic heterocycles. The van der Waals surface area contributed by atoms with Crippen LogP contribution in [-0.2, 0) is 0 Å². The van der Waals surface area contributed by atoms with Crippen molar-refractivity contribution in [2.75, 3.05) is 13.6 Å². The Hall–Kier alpha value is -0.120. The SMILES string of the molecule is CC(CNC1CCC(N)CC1)N(C)C1CC1. The Morgan fingerprint density at radius 1 is 1.19 bits per heavy atom. The van der Waals surface area contributed by atoms with Crippen LogP contribution < -0.4 is 11.1 Å². The molecule has 0 bridgehead atoms. The zero-order valence-electron chi connectivity index (χ0n) is 10.8. The summed E-state index contributed by atoms with van der Waals surface area (Å²) >= 11 is 0. The molecule has 1 unspecified atom stereocenters. The topological polar surface area (TPSA) is 41.3 Å². The van der Waals surface area contributed by atoms with Gasteiger partial charge in [0.2, 0.25) is 0 Å². The van der Waals surface area contributed by atoms with Crippen LogP contribution >= 0.6 is 0 Å². The van der Waals surface area contributed by atoms with Crippen molar-refractivity contribution in [1.29, 1.82) is 0 Å². The highest BCUT2D eigenvalue weighted by molar-refractivity contribution is 4.87. The largest absolute Gasteiger partial charge is 0.328 e. The summed E-state index contributed by atoms with van der Waals surface area (Å²) in [6, 6.07) is 2.72. The molecular formula is C13H27N3. The molecule has 3 N–H and O–H groups in total. The highest BCUT2D eigenvalue weighted by atomic mass is 15.2. The predicted octanol–water partition coefficient (Wildman–Crippen LogP) is 1.33. The van der Waals surface area contributed by atoms with Crippen LogP contribution in [0.3, 0.4) is 0 Å². The van der Waals surface area contributed by atoms with Gasteiger partial charge in [-0.1, -0.05) is 0 Å². The zero-order valence-corrected chi connectivity index (χ0v) is 10.8. The first-order chi connectivity index (χ1) is 7.66. The first-order valence-corrected chi connectivity index (χ1v) is 6.87. The van der Waals surface area contributed by atoms with E-state index in [4.69, 9.17) is 5.73 Å². The first kappa shape index (κ1) is 12.3. The van der Waals surface area contributed by atoms with E-state index < -0.39 is 0 Å². The fourth-order valence-electron chi connectivity index (χ4n) is 2.65. The minimum Gasteiger partial charge on any atom is -0.328 e. The van der Waals surface area contributed by atoms with Crippen LogP contribution in [-0.4, -0.2) is 42.7 Å². The Balaban J connectivity index is 1.62. The van der Waals surface area contributed by atoms with Gasteiger partial charge in [-0.15, -0.1) is 0 Å². The second-order valence-corrected chi connectivity index (χ2v) is 5.77. The van der Waals surface area contributed by atoms with Gasteiger partial charge >= 0.3 is 0 Å². The van der Waals surface area contributed by atoms with E-state index in [9.17, 15) is 0 Å². The summed E-state index contributed by atoms with van der Waals surface area (Å²) in [5.74, 6) is 0. The molecule has 2 rings (SSSR count). The van der Waals surface area contributed by atoms with Gasteiger partial charge in [0.25, 0.3) is 0 Å². The normalized spacial score (nSPS) is 33.0. The Morgan fingerprint density at radius 2 is 1.81 bits per heavy atom. The molecule has 0 radical (unpaired) electrons. The average Bonchev–Trinajstić information content (AvgIpc) is 3.11. The van der Waals surface area contributed by atoms with Crippen LogP contribution in [0.15, 0.2) is 0 Å². The van der Waals surface area contributed by atoms with Crippen molar-refractivity contribution < 1.29 is 0 Å². The second kappa shape index (κ2) is 5.48. The maximum atomic E-state index is 5.91. The molecule has 2 saturated carbocycles. The molecule has 0 aromatic carbocycles. The molecule has 1 atom stereocenters.